The number of pyridine rings is 1. The molecule has 0 atom stereocenters. The molecule has 0 spiro atoms. The van der Waals surface area contributed by atoms with Gasteiger partial charge in [0.1, 0.15) is 0 Å². The number of nitrogens with two attached hydrogens (primary N) is 1. The third-order valence-electron chi connectivity index (χ3n) is 1.84. The van der Waals surface area contributed by atoms with Crippen molar-refractivity contribution in [3.8, 4) is 0 Å². The van der Waals surface area contributed by atoms with Crippen LogP contribution >= 0.6 is 0 Å². The second-order valence-electron chi connectivity index (χ2n) is 3.10. The Hall–Kier alpha value is -2.44. The highest BCUT2D eigenvalue weighted by atomic mass is 16.6. The molecule has 2 aromatic rings. The molecule has 0 radical (unpaired) electrons. The Balaban J connectivity index is 2.39. The average molecular weight is 219 g/mol. The molecule has 0 aliphatic heterocycles. The number of aromatic nitrogens is 3. The average Bonchev–Trinajstić information content (AvgIpc) is 2.64. The summed E-state index contributed by atoms with van der Waals surface area (Å²) in [4.78, 5) is 19.2. The van der Waals surface area contributed by atoms with Crippen molar-refractivity contribution in [2.45, 2.75) is 6.92 Å². The summed E-state index contributed by atoms with van der Waals surface area (Å²) in [5.74, 6) is 0.382. The Labute approximate surface area is 90.0 Å². The molecule has 0 aliphatic carbocycles. The lowest BCUT2D eigenvalue weighted by atomic mass is 10.3. The first-order valence-corrected chi connectivity index (χ1v) is 4.49. The molecule has 0 unspecified atom stereocenters. The van der Waals surface area contributed by atoms with E-state index in [1.807, 2.05) is 18.1 Å². The summed E-state index contributed by atoms with van der Waals surface area (Å²) in [7, 11) is 0. The number of hydrogen-bond donors (Lipinski definition) is 2. The highest BCUT2D eigenvalue weighted by molar-refractivity contribution is 5.96. The van der Waals surface area contributed by atoms with E-state index in [9.17, 15) is 4.79 Å². The predicted octanol–water partition coefficient (Wildman–Crippen LogP) is 0.103. The van der Waals surface area contributed by atoms with Crippen LogP contribution in [0.1, 0.15) is 11.4 Å². The lowest BCUT2D eigenvalue weighted by molar-refractivity contribution is 0.303. The zero-order chi connectivity index (χ0) is 11.5. The van der Waals surface area contributed by atoms with E-state index in [4.69, 9.17) is 5.73 Å². The van der Waals surface area contributed by atoms with E-state index in [0.717, 1.165) is 5.69 Å². The second-order valence-corrected chi connectivity index (χ2v) is 3.10. The lowest BCUT2D eigenvalue weighted by Crippen LogP contribution is -2.21. The van der Waals surface area contributed by atoms with Crippen molar-refractivity contribution in [3.05, 3.63) is 39.9 Å². The molecular weight excluding hydrogens is 210 g/mol. The molecule has 0 aliphatic rings. The highest BCUT2D eigenvalue weighted by Gasteiger charge is 2.09. The number of hydrogen-bond acceptors (Lipinski definition) is 5. The fourth-order valence-electron chi connectivity index (χ4n) is 1.13. The SMILES string of the molecule is Cc1cccc(/N=C(\N)c2no[nH]c2=O)n1. The number of aryl methyl sites for hydroxylation is 1. The van der Waals surface area contributed by atoms with Gasteiger partial charge in [-0.05, 0) is 24.2 Å². The summed E-state index contributed by atoms with van der Waals surface area (Å²) in [6.45, 7) is 1.83. The molecular formula is C9H9N5O2. The van der Waals surface area contributed by atoms with Crippen molar-refractivity contribution in [2.75, 3.05) is 0 Å². The normalized spacial score (nSPS) is 11.7. The van der Waals surface area contributed by atoms with Crippen LogP contribution < -0.4 is 11.3 Å². The highest BCUT2D eigenvalue weighted by Crippen LogP contribution is 2.08. The fraction of sp³-hybridized carbons (Fsp3) is 0.111. The molecule has 3 N–H and O–H groups in total. The zero-order valence-corrected chi connectivity index (χ0v) is 8.47. The van der Waals surface area contributed by atoms with Crippen LogP contribution in [-0.4, -0.2) is 21.1 Å². The molecule has 7 nitrogen and oxygen atoms in total. The first-order valence-electron chi connectivity index (χ1n) is 4.49. The molecule has 2 rings (SSSR count). The largest absolute Gasteiger partial charge is 0.382 e. The van der Waals surface area contributed by atoms with E-state index < -0.39 is 5.56 Å². The van der Waals surface area contributed by atoms with Gasteiger partial charge in [0, 0.05) is 5.69 Å². The van der Waals surface area contributed by atoms with Crippen molar-refractivity contribution in [1.29, 1.82) is 0 Å². The molecule has 0 aromatic carbocycles. The molecule has 0 amide bonds. The topological polar surface area (TPSA) is 110 Å². The van der Waals surface area contributed by atoms with Gasteiger partial charge in [0.15, 0.2) is 11.7 Å². The fourth-order valence-corrected chi connectivity index (χ4v) is 1.13. The molecule has 0 fully saturated rings. The van der Waals surface area contributed by atoms with Gasteiger partial charge >= 0.3 is 5.56 Å². The lowest BCUT2D eigenvalue weighted by Gasteiger charge is -1.96. The van der Waals surface area contributed by atoms with E-state index in [1.54, 1.807) is 12.1 Å². The van der Waals surface area contributed by atoms with Gasteiger partial charge < -0.3 is 5.73 Å². The van der Waals surface area contributed by atoms with E-state index in [2.05, 4.69) is 19.8 Å². The van der Waals surface area contributed by atoms with Crippen LogP contribution in [0.25, 0.3) is 0 Å². The van der Waals surface area contributed by atoms with E-state index >= 15 is 0 Å². The quantitative estimate of drug-likeness (QED) is 0.550. The van der Waals surface area contributed by atoms with Crippen molar-refractivity contribution >= 4 is 11.7 Å². The van der Waals surface area contributed by atoms with E-state index in [0.29, 0.717) is 5.82 Å². The van der Waals surface area contributed by atoms with Crippen LogP contribution in [-0.2, 0) is 0 Å². The number of aromatic amines is 1. The van der Waals surface area contributed by atoms with Gasteiger partial charge in [-0.25, -0.2) is 9.98 Å². The smallest absolute Gasteiger partial charge is 0.311 e. The molecule has 0 saturated carbocycles. The Morgan fingerprint density at radius 2 is 2.38 bits per heavy atom. The Bertz CT molecular complexity index is 583. The number of rotatable bonds is 2. The number of nitrogens with one attached hydrogen (secondary N) is 1. The summed E-state index contributed by atoms with van der Waals surface area (Å²) in [6.07, 6.45) is 0. The minimum absolute atomic E-state index is 0.0342. The molecule has 0 bridgehead atoms. The van der Waals surface area contributed by atoms with Crippen LogP contribution in [0.5, 0.6) is 0 Å². The maximum Gasteiger partial charge on any atom is 0.311 e. The predicted molar refractivity (Wildman–Crippen MR) is 56.5 cm³/mol. The molecule has 2 heterocycles. The monoisotopic (exact) mass is 219 g/mol. The number of aliphatic imine (C=N–C) groups is 1. The summed E-state index contributed by atoms with van der Waals surface area (Å²) in [5.41, 5.74) is 5.83. The molecule has 2 aromatic heterocycles. The molecule has 16 heavy (non-hydrogen) atoms. The molecule has 7 heteroatoms. The minimum atomic E-state index is -0.520. The Morgan fingerprint density at radius 1 is 1.56 bits per heavy atom. The van der Waals surface area contributed by atoms with Crippen molar-refractivity contribution in [3.63, 3.8) is 0 Å². The summed E-state index contributed by atoms with van der Waals surface area (Å²) < 4.78 is 4.36. The summed E-state index contributed by atoms with van der Waals surface area (Å²) in [6, 6.07) is 5.30. The zero-order valence-electron chi connectivity index (χ0n) is 8.47. The van der Waals surface area contributed by atoms with Crippen LogP contribution in [0.15, 0.2) is 32.6 Å². The van der Waals surface area contributed by atoms with Gasteiger partial charge in [0.2, 0.25) is 5.69 Å². The van der Waals surface area contributed by atoms with Gasteiger partial charge in [-0.1, -0.05) is 6.07 Å². The van der Waals surface area contributed by atoms with Gasteiger partial charge in [-0.15, -0.1) is 0 Å². The Morgan fingerprint density at radius 3 is 3.00 bits per heavy atom. The van der Waals surface area contributed by atoms with Crippen LogP contribution in [0.4, 0.5) is 5.82 Å². The standard InChI is InChI=1S/C9H9N5O2/c1-5-3-2-4-6(11-5)12-8(10)7-9(15)14-16-13-7/h2-4H,1H3,(H,14,15)(H2,10,11,12). The summed E-state index contributed by atoms with van der Waals surface area (Å²) in [5, 5.41) is 5.43. The van der Waals surface area contributed by atoms with Gasteiger partial charge in [-0.2, -0.15) is 5.16 Å². The van der Waals surface area contributed by atoms with Crippen LogP contribution in [0.2, 0.25) is 0 Å². The van der Waals surface area contributed by atoms with Crippen molar-refractivity contribution in [2.24, 2.45) is 10.7 Å². The first kappa shape index (κ1) is 10.1. The van der Waals surface area contributed by atoms with Gasteiger partial charge in [0.05, 0.1) is 0 Å². The number of nitrogens with zero attached hydrogens (tertiary/aromatic N) is 3. The first-order chi connectivity index (χ1) is 7.66. The number of H-pyrrole nitrogens is 1. The third kappa shape index (κ3) is 1.97. The maximum absolute atomic E-state index is 11.1. The number of amidine groups is 1. The van der Waals surface area contributed by atoms with E-state index in [1.165, 1.54) is 0 Å². The van der Waals surface area contributed by atoms with Crippen molar-refractivity contribution in [1.82, 2.24) is 15.3 Å². The second kappa shape index (κ2) is 3.97. The van der Waals surface area contributed by atoms with Crippen molar-refractivity contribution < 1.29 is 4.63 Å². The Kier molecular flexibility index (Phi) is 2.50. The maximum atomic E-state index is 11.1. The summed E-state index contributed by atoms with van der Waals surface area (Å²) >= 11 is 0. The third-order valence-corrected chi connectivity index (χ3v) is 1.84. The molecule has 82 valence electrons. The minimum Gasteiger partial charge on any atom is -0.382 e. The molecule has 0 saturated heterocycles. The van der Waals surface area contributed by atoms with E-state index in [-0.39, 0.29) is 11.5 Å². The van der Waals surface area contributed by atoms with Gasteiger partial charge in [0.25, 0.3) is 0 Å². The van der Waals surface area contributed by atoms with Crippen LogP contribution in [0, 0.1) is 6.92 Å². The van der Waals surface area contributed by atoms with Gasteiger partial charge in [-0.3, -0.25) is 9.42 Å². The van der Waals surface area contributed by atoms with Crippen LogP contribution in [0.3, 0.4) is 0 Å².